The summed E-state index contributed by atoms with van der Waals surface area (Å²) in [5.74, 6) is -1.13. The number of nitrogens with zero attached hydrogens (tertiary/aromatic N) is 1. The molecule has 0 aromatic heterocycles. The molecular formula is C27H26N2O5. The molecule has 0 bridgehead atoms. The summed E-state index contributed by atoms with van der Waals surface area (Å²) >= 11 is 0. The lowest BCUT2D eigenvalue weighted by Crippen LogP contribution is -2.45. The van der Waals surface area contributed by atoms with Gasteiger partial charge in [0.1, 0.15) is 12.4 Å². The monoisotopic (exact) mass is 458 g/mol. The number of nitrogens with one attached hydrogen (secondary N) is 1. The number of aryl methyl sites for hydroxylation is 2. The highest BCUT2D eigenvalue weighted by molar-refractivity contribution is 6.10. The van der Waals surface area contributed by atoms with E-state index >= 15 is 0 Å². The van der Waals surface area contributed by atoms with Gasteiger partial charge < -0.3 is 20.0 Å². The number of benzene rings is 3. The standard InChI is InChI=1S/C27H26N2O5/c1-18-12-13-22(19(2)14-18)28-26(32)27(16-25(30)31)15-23(29-34-27)21-10-6-7-11-24(21)33-17-20-8-4-3-5-9-20/h3-14H,15-17H2,1-2H3,(H,28,32)(H,30,31)/t27-/m1/s1. The Morgan fingerprint density at radius 1 is 1.06 bits per heavy atom. The van der Waals surface area contributed by atoms with Crippen LogP contribution in [0.15, 0.2) is 78.0 Å². The minimum Gasteiger partial charge on any atom is -0.488 e. The maximum Gasteiger partial charge on any atom is 0.308 e. The Kier molecular flexibility index (Phi) is 6.63. The molecule has 4 rings (SSSR count). The van der Waals surface area contributed by atoms with E-state index in [9.17, 15) is 14.7 Å². The predicted molar refractivity (Wildman–Crippen MR) is 129 cm³/mol. The zero-order chi connectivity index (χ0) is 24.1. The molecule has 2 N–H and O–H groups in total. The molecule has 0 radical (unpaired) electrons. The summed E-state index contributed by atoms with van der Waals surface area (Å²) in [6.07, 6.45) is -0.522. The number of aliphatic carboxylic acids is 1. The average Bonchev–Trinajstić information content (AvgIpc) is 3.25. The van der Waals surface area contributed by atoms with Gasteiger partial charge in [-0.1, -0.05) is 65.3 Å². The molecule has 1 aliphatic heterocycles. The SMILES string of the molecule is Cc1ccc(NC(=O)[C@]2(CC(=O)O)CC(c3ccccc3OCc3ccccc3)=NO2)c(C)c1. The van der Waals surface area contributed by atoms with Gasteiger partial charge in [-0.2, -0.15) is 0 Å². The van der Waals surface area contributed by atoms with E-state index < -0.39 is 23.9 Å². The number of oxime groups is 1. The normalized spacial score (nSPS) is 16.9. The quantitative estimate of drug-likeness (QED) is 0.503. The van der Waals surface area contributed by atoms with Crippen LogP contribution in [-0.2, 0) is 21.0 Å². The third kappa shape index (κ3) is 5.09. The molecular weight excluding hydrogens is 432 g/mol. The van der Waals surface area contributed by atoms with Gasteiger partial charge in [0.05, 0.1) is 12.1 Å². The summed E-state index contributed by atoms with van der Waals surface area (Å²) in [4.78, 5) is 30.5. The van der Waals surface area contributed by atoms with Crippen molar-refractivity contribution in [1.29, 1.82) is 0 Å². The second-order valence-corrected chi connectivity index (χ2v) is 8.41. The van der Waals surface area contributed by atoms with Crippen molar-refractivity contribution in [2.24, 2.45) is 5.16 Å². The first-order valence-electron chi connectivity index (χ1n) is 11.0. The average molecular weight is 459 g/mol. The van der Waals surface area contributed by atoms with E-state index in [0.717, 1.165) is 16.7 Å². The maximum atomic E-state index is 13.3. The molecule has 0 saturated heterocycles. The number of carboxylic acid groups (broad SMARTS) is 1. The third-order valence-electron chi connectivity index (χ3n) is 5.70. The number of carbonyl (C=O) groups is 2. The Bertz CT molecular complexity index is 1240. The van der Waals surface area contributed by atoms with Crippen LogP contribution in [0, 0.1) is 13.8 Å². The highest BCUT2D eigenvalue weighted by atomic mass is 16.7. The van der Waals surface area contributed by atoms with E-state index in [-0.39, 0.29) is 6.42 Å². The van der Waals surface area contributed by atoms with Crippen molar-refractivity contribution in [3.63, 3.8) is 0 Å². The molecule has 1 amide bonds. The maximum absolute atomic E-state index is 13.3. The summed E-state index contributed by atoms with van der Waals surface area (Å²) in [5, 5.41) is 16.5. The molecule has 3 aromatic carbocycles. The van der Waals surface area contributed by atoms with E-state index in [2.05, 4.69) is 10.5 Å². The number of carbonyl (C=O) groups excluding carboxylic acids is 1. The summed E-state index contributed by atoms with van der Waals surface area (Å²) in [5.41, 5.74) is 3.00. The van der Waals surface area contributed by atoms with Gasteiger partial charge in [-0.05, 0) is 43.2 Å². The minimum absolute atomic E-state index is 0.00174. The smallest absolute Gasteiger partial charge is 0.308 e. The molecule has 174 valence electrons. The van der Waals surface area contributed by atoms with E-state index in [4.69, 9.17) is 9.57 Å². The van der Waals surface area contributed by atoms with Gasteiger partial charge in [0, 0.05) is 17.7 Å². The van der Waals surface area contributed by atoms with Crippen molar-refractivity contribution in [1.82, 2.24) is 0 Å². The molecule has 0 fully saturated rings. The molecule has 0 unspecified atom stereocenters. The van der Waals surface area contributed by atoms with Crippen LogP contribution in [0.5, 0.6) is 5.75 Å². The Hall–Kier alpha value is -4.13. The second-order valence-electron chi connectivity index (χ2n) is 8.41. The lowest BCUT2D eigenvalue weighted by molar-refractivity contribution is -0.152. The topological polar surface area (TPSA) is 97.2 Å². The number of para-hydroxylation sites is 1. The minimum atomic E-state index is -1.66. The molecule has 7 heteroatoms. The van der Waals surface area contributed by atoms with Crippen molar-refractivity contribution < 1.29 is 24.3 Å². The van der Waals surface area contributed by atoms with Crippen LogP contribution in [0.2, 0.25) is 0 Å². The fraction of sp³-hybridized carbons (Fsp3) is 0.222. The van der Waals surface area contributed by atoms with Gasteiger partial charge >= 0.3 is 5.97 Å². The fourth-order valence-electron chi connectivity index (χ4n) is 3.92. The number of amides is 1. The Labute approximate surface area is 198 Å². The zero-order valence-electron chi connectivity index (χ0n) is 19.1. The molecule has 0 spiro atoms. The number of rotatable bonds is 8. The highest BCUT2D eigenvalue weighted by Crippen LogP contribution is 2.34. The molecule has 0 saturated carbocycles. The predicted octanol–water partition coefficient (Wildman–Crippen LogP) is 4.86. The molecule has 1 aliphatic rings. The van der Waals surface area contributed by atoms with E-state index in [0.29, 0.717) is 29.3 Å². The lowest BCUT2D eigenvalue weighted by atomic mass is 9.89. The van der Waals surface area contributed by atoms with Crippen LogP contribution in [0.1, 0.15) is 35.1 Å². The van der Waals surface area contributed by atoms with Crippen LogP contribution in [0.4, 0.5) is 5.69 Å². The van der Waals surface area contributed by atoms with E-state index in [1.165, 1.54) is 0 Å². The number of ether oxygens (including phenoxy) is 1. The zero-order valence-corrected chi connectivity index (χ0v) is 19.1. The van der Waals surface area contributed by atoms with Crippen molar-refractivity contribution in [2.75, 3.05) is 5.32 Å². The molecule has 1 heterocycles. The van der Waals surface area contributed by atoms with Crippen LogP contribution >= 0.6 is 0 Å². The molecule has 3 aromatic rings. The summed E-state index contributed by atoms with van der Waals surface area (Å²) in [6, 6.07) is 22.7. The summed E-state index contributed by atoms with van der Waals surface area (Å²) in [6.45, 7) is 4.20. The third-order valence-corrected chi connectivity index (χ3v) is 5.70. The van der Waals surface area contributed by atoms with Crippen LogP contribution in [0.3, 0.4) is 0 Å². The number of hydrogen-bond donors (Lipinski definition) is 2. The number of carboxylic acids is 1. The molecule has 0 aliphatic carbocycles. The van der Waals surface area contributed by atoms with E-state index in [1.807, 2.05) is 80.6 Å². The van der Waals surface area contributed by atoms with Crippen LogP contribution in [0.25, 0.3) is 0 Å². The first kappa shape index (κ1) is 23.0. The van der Waals surface area contributed by atoms with Gasteiger partial charge in [0.25, 0.3) is 5.91 Å². The van der Waals surface area contributed by atoms with Gasteiger partial charge in [-0.15, -0.1) is 0 Å². The first-order chi connectivity index (χ1) is 16.4. The first-order valence-corrected chi connectivity index (χ1v) is 11.0. The van der Waals surface area contributed by atoms with Gasteiger partial charge in [-0.3, -0.25) is 9.59 Å². The summed E-state index contributed by atoms with van der Waals surface area (Å²) in [7, 11) is 0. The van der Waals surface area contributed by atoms with Crippen LogP contribution < -0.4 is 10.1 Å². The Morgan fingerprint density at radius 2 is 1.79 bits per heavy atom. The Balaban J connectivity index is 1.55. The number of hydrogen-bond acceptors (Lipinski definition) is 5. The van der Waals surface area contributed by atoms with Crippen molar-refractivity contribution in [3.8, 4) is 5.75 Å². The van der Waals surface area contributed by atoms with Gasteiger partial charge in [-0.25, -0.2) is 0 Å². The molecule has 34 heavy (non-hydrogen) atoms. The van der Waals surface area contributed by atoms with Crippen LogP contribution in [-0.4, -0.2) is 28.3 Å². The molecule has 1 atom stereocenters. The highest BCUT2D eigenvalue weighted by Gasteiger charge is 2.49. The Morgan fingerprint density at radius 3 is 2.53 bits per heavy atom. The lowest BCUT2D eigenvalue weighted by Gasteiger charge is -2.24. The van der Waals surface area contributed by atoms with E-state index in [1.54, 1.807) is 6.07 Å². The van der Waals surface area contributed by atoms with Gasteiger partial charge in [0.15, 0.2) is 0 Å². The largest absolute Gasteiger partial charge is 0.488 e. The fourth-order valence-corrected chi connectivity index (χ4v) is 3.92. The molecule has 7 nitrogen and oxygen atoms in total. The van der Waals surface area contributed by atoms with Crippen molar-refractivity contribution in [2.45, 2.75) is 38.9 Å². The van der Waals surface area contributed by atoms with Gasteiger partial charge in [0.2, 0.25) is 5.60 Å². The van der Waals surface area contributed by atoms with Crippen molar-refractivity contribution in [3.05, 3.63) is 95.1 Å². The second kappa shape index (κ2) is 9.79. The number of anilines is 1. The summed E-state index contributed by atoms with van der Waals surface area (Å²) < 4.78 is 6.01. The van der Waals surface area contributed by atoms with Crippen molar-refractivity contribution >= 4 is 23.3 Å².